The lowest BCUT2D eigenvalue weighted by atomic mass is 10.2. The summed E-state index contributed by atoms with van der Waals surface area (Å²) in [7, 11) is 0. The van der Waals surface area contributed by atoms with E-state index in [1.165, 1.54) is 5.69 Å². The number of hydrogen-bond acceptors (Lipinski definition) is 6. The molecular weight excluding hydrogens is 286 g/mol. The highest BCUT2D eigenvalue weighted by Crippen LogP contribution is 2.19. The molecule has 2 aromatic heterocycles. The van der Waals surface area contributed by atoms with E-state index in [1.54, 1.807) is 11.8 Å². The minimum absolute atomic E-state index is 0.655. The predicted molar refractivity (Wildman–Crippen MR) is 83.0 cm³/mol. The van der Waals surface area contributed by atoms with Gasteiger partial charge in [0, 0.05) is 30.7 Å². The Kier molecular flexibility index (Phi) is 6.19. The van der Waals surface area contributed by atoms with Gasteiger partial charge in [-0.2, -0.15) is 0 Å². The zero-order chi connectivity index (χ0) is 15.1. The number of tetrazole rings is 1. The standard InChI is InChI=1S/C13H23N7S/c1-4-19-10-15-8-12(19)9-21-13-16-17-18-20(13)6-5-14-7-11(2)3/h8,10-11,14H,4-7,9H2,1-3H3. The monoisotopic (exact) mass is 309 g/mol. The van der Waals surface area contributed by atoms with E-state index in [0.717, 1.165) is 37.1 Å². The van der Waals surface area contributed by atoms with E-state index < -0.39 is 0 Å². The third-order valence-corrected chi connectivity index (χ3v) is 4.03. The van der Waals surface area contributed by atoms with Gasteiger partial charge in [0.25, 0.3) is 0 Å². The van der Waals surface area contributed by atoms with Gasteiger partial charge in [-0.3, -0.25) is 0 Å². The molecule has 0 spiro atoms. The number of imidazole rings is 1. The van der Waals surface area contributed by atoms with Crippen LogP contribution in [-0.2, 0) is 18.8 Å². The Labute approximate surface area is 129 Å². The molecule has 0 unspecified atom stereocenters. The number of aromatic nitrogens is 6. The highest BCUT2D eigenvalue weighted by Gasteiger charge is 2.08. The van der Waals surface area contributed by atoms with Crippen LogP contribution in [0.5, 0.6) is 0 Å². The Morgan fingerprint density at radius 3 is 3.00 bits per heavy atom. The predicted octanol–water partition coefficient (Wildman–Crippen LogP) is 1.43. The van der Waals surface area contributed by atoms with Crippen LogP contribution in [0.2, 0.25) is 0 Å². The summed E-state index contributed by atoms with van der Waals surface area (Å²) < 4.78 is 3.98. The Morgan fingerprint density at radius 2 is 2.24 bits per heavy atom. The first kappa shape index (κ1) is 16.0. The van der Waals surface area contributed by atoms with Crippen molar-refractivity contribution >= 4 is 11.8 Å². The lowest BCUT2D eigenvalue weighted by Crippen LogP contribution is -2.24. The van der Waals surface area contributed by atoms with Crippen LogP contribution in [0.1, 0.15) is 26.5 Å². The van der Waals surface area contributed by atoms with Gasteiger partial charge >= 0.3 is 0 Å². The number of thioether (sulfide) groups is 1. The first-order valence-electron chi connectivity index (χ1n) is 7.29. The van der Waals surface area contributed by atoms with Crippen LogP contribution in [0.4, 0.5) is 0 Å². The zero-order valence-corrected chi connectivity index (χ0v) is 13.7. The molecule has 0 fully saturated rings. The van der Waals surface area contributed by atoms with E-state index in [1.807, 2.05) is 17.2 Å². The van der Waals surface area contributed by atoms with Gasteiger partial charge in [0.1, 0.15) is 0 Å². The van der Waals surface area contributed by atoms with Crippen LogP contribution in [0, 0.1) is 5.92 Å². The molecule has 0 amide bonds. The highest BCUT2D eigenvalue weighted by atomic mass is 32.2. The van der Waals surface area contributed by atoms with Crippen molar-refractivity contribution in [1.29, 1.82) is 0 Å². The van der Waals surface area contributed by atoms with Crippen molar-refractivity contribution < 1.29 is 0 Å². The molecule has 0 saturated heterocycles. The van der Waals surface area contributed by atoms with Crippen molar-refractivity contribution in [1.82, 2.24) is 35.1 Å². The minimum Gasteiger partial charge on any atom is -0.334 e. The molecule has 0 aliphatic heterocycles. The summed E-state index contributed by atoms with van der Waals surface area (Å²) in [6, 6.07) is 0. The maximum Gasteiger partial charge on any atom is 0.209 e. The summed E-state index contributed by atoms with van der Waals surface area (Å²) in [6.45, 7) is 10.1. The Balaban J connectivity index is 1.83. The van der Waals surface area contributed by atoms with Crippen molar-refractivity contribution in [2.45, 2.75) is 44.8 Å². The second-order valence-electron chi connectivity index (χ2n) is 5.24. The van der Waals surface area contributed by atoms with Gasteiger partial charge in [-0.1, -0.05) is 25.6 Å². The molecule has 1 N–H and O–H groups in total. The number of hydrogen-bond donors (Lipinski definition) is 1. The maximum atomic E-state index is 4.17. The summed E-state index contributed by atoms with van der Waals surface area (Å²) in [5.41, 5.74) is 1.19. The average molecular weight is 309 g/mol. The second-order valence-corrected chi connectivity index (χ2v) is 6.18. The summed E-state index contributed by atoms with van der Waals surface area (Å²) >= 11 is 1.64. The largest absolute Gasteiger partial charge is 0.334 e. The molecule has 0 aliphatic rings. The fourth-order valence-electron chi connectivity index (χ4n) is 1.91. The molecule has 0 aromatic carbocycles. The quantitative estimate of drug-likeness (QED) is 0.558. The van der Waals surface area contributed by atoms with Crippen LogP contribution >= 0.6 is 11.8 Å². The molecule has 2 rings (SSSR count). The second kappa shape index (κ2) is 8.14. The maximum absolute atomic E-state index is 4.17. The third kappa shape index (κ3) is 4.82. The topological polar surface area (TPSA) is 73.5 Å². The van der Waals surface area contributed by atoms with E-state index in [2.05, 4.69) is 51.2 Å². The van der Waals surface area contributed by atoms with Crippen LogP contribution in [-0.4, -0.2) is 42.8 Å². The van der Waals surface area contributed by atoms with Gasteiger partial charge < -0.3 is 9.88 Å². The van der Waals surface area contributed by atoms with E-state index in [-0.39, 0.29) is 0 Å². The molecule has 2 aromatic rings. The summed E-state index contributed by atoms with van der Waals surface area (Å²) in [5.74, 6) is 1.48. The van der Waals surface area contributed by atoms with Gasteiger partial charge in [0.15, 0.2) is 0 Å². The van der Waals surface area contributed by atoms with E-state index in [9.17, 15) is 0 Å². The van der Waals surface area contributed by atoms with Gasteiger partial charge in [-0.25, -0.2) is 9.67 Å². The molecule has 7 nitrogen and oxygen atoms in total. The van der Waals surface area contributed by atoms with Gasteiger partial charge in [-0.05, 0) is 29.8 Å². The first-order chi connectivity index (χ1) is 10.2. The molecule has 0 bridgehead atoms. The van der Waals surface area contributed by atoms with Crippen molar-refractivity contribution in [3.63, 3.8) is 0 Å². The molecule has 0 atom stereocenters. The van der Waals surface area contributed by atoms with Gasteiger partial charge in [-0.15, -0.1) is 5.10 Å². The van der Waals surface area contributed by atoms with E-state index >= 15 is 0 Å². The Bertz CT molecular complexity index is 534. The Hall–Kier alpha value is -1.41. The average Bonchev–Trinajstić information content (AvgIpc) is 3.09. The number of aryl methyl sites for hydroxylation is 1. The number of nitrogens with zero attached hydrogens (tertiary/aromatic N) is 6. The summed E-state index contributed by atoms with van der Waals surface area (Å²) in [4.78, 5) is 4.17. The van der Waals surface area contributed by atoms with Crippen LogP contribution in [0.15, 0.2) is 17.7 Å². The fraction of sp³-hybridized carbons (Fsp3) is 0.692. The third-order valence-electron chi connectivity index (χ3n) is 3.04. The lowest BCUT2D eigenvalue weighted by molar-refractivity contribution is 0.482. The molecule has 21 heavy (non-hydrogen) atoms. The molecule has 0 saturated carbocycles. The van der Waals surface area contributed by atoms with Crippen LogP contribution in [0.3, 0.4) is 0 Å². The van der Waals surface area contributed by atoms with E-state index in [4.69, 9.17) is 0 Å². The normalized spacial score (nSPS) is 11.4. The van der Waals surface area contributed by atoms with Gasteiger partial charge in [0.2, 0.25) is 5.16 Å². The van der Waals surface area contributed by atoms with E-state index in [0.29, 0.717) is 5.92 Å². The van der Waals surface area contributed by atoms with Crippen molar-refractivity contribution in [2.24, 2.45) is 5.92 Å². The highest BCUT2D eigenvalue weighted by molar-refractivity contribution is 7.98. The smallest absolute Gasteiger partial charge is 0.209 e. The number of rotatable bonds is 9. The van der Waals surface area contributed by atoms with Crippen molar-refractivity contribution in [3.8, 4) is 0 Å². The number of nitrogens with one attached hydrogen (secondary N) is 1. The summed E-state index contributed by atoms with van der Waals surface area (Å²) in [6.07, 6.45) is 3.75. The first-order valence-corrected chi connectivity index (χ1v) is 8.28. The summed E-state index contributed by atoms with van der Waals surface area (Å²) in [5, 5.41) is 16.2. The Morgan fingerprint density at radius 1 is 1.38 bits per heavy atom. The molecular formula is C13H23N7S. The lowest BCUT2D eigenvalue weighted by Gasteiger charge is -2.08. The fourth-order valence-corrected chi connectivity index (χ4v) is 2.80. The molecule has 8 heteroatoms. The van der Waals surface area contributed by atoms with Gasteiger partial charge in [0.05, 0.1) is 12.9 Å². The zero-order valence-electron chi connectivity index (χ0n) is 12.9. The molecule has 0 radical (unpaired) electrons. The molecule has 0 aliphatic carbocycles. The SMILES string of the molecule is CCn1cncc1CSc1nnnn1CCNCC(C)C. The van der Waals surface area contributed by atoms with Crippen molar-refractivity contribution in [2.75, 3.05) is 13.1 Å². The van der Waals surface area contributed by atoms with Crippen LogP contribution in [0.25, 0.3) is 0 Å². The van der Waals surface area contributed by atoms with Crippen LogP contribution < -0.4 is 5.32 Å². The minimum atomic E-state index is 0.655. The molecule has 2 heterocycles. The molecule has 116 valence electrons. The van der Waals surface area contributed by atoms with Crippen molar-refractivity contribution in [3.05, 3.63) is 18.2 Å².